The van der Waals surface area contributed by atoms with Crippen molar-refractivity contribution in [3.05, 3.63) is 53.0 Å². The summed E-state index contributed by atoms with van der Waals surface area (Å²) in [6, 6.07) is 13.2. The van der Waals surface area contributed by atoms with Crippen LogP contribution in [0.1, 0.15) is 19.3 Å². The van der Waals surface area contributed by atoms with Crippen LogP contribution in [0.5, 0.6) is 5.75 Å². The van der Waals surface area contributed by atoms with Gasteiger partial charge < -0.3 is 10.4 Å². The SMILES string of the molecule is O=C(Nc1ccccc1O)C1CCN(C2CC(=O)N(c3ccc(Br)cc3)C2=O)CC1. The van der Waals surface area contributed by atoms with E-state index in [2.05, 4.69) is 21.2 Å². The van der Waals surface area contributed by atoms with Gasteiger partial charge in [0.25, 0.3) is 5.91 Å². The number of nitrogens with one attached hydrogen (secondary N) is 1. The number of hydrogen-bond donors (Lipinski definition) is 2. The molecule has 2 aromatic rings. The number of halogens is 1. The molecule has 0 radical (unpaired) electrons. The number of likely N-dealkylation sites (tertiary alicyclic amines) is 1. The number of aromatic hydroxyl groups is 1. The highest BCUT2D eigenvalue weighted by Crippen LogP contribution is 2.30. The van der Waals surface area contributed by atoms with Crippen molar-refractivity contribution in [3.63, 3.8) is 0 Å². The van der Waals surface area contributed by atoms with Crippen LogP contribution in [-0.4, -0.2) is 46.9 Å². The van der Waals surface area contributed by atoms with Crippen molar-refractivity contribution >= 4 is 45.0 Å². The van der Waals surface area contributed by atoms with Crippen LogP contribution in [0.2, 0.25) is 0 Å². The van der Waals surface area contributed by atoms with Gasteiger partial charge in [0.1, 0.15) is 5.75 Å². The molecule has 2 aromatic carbocycles. The number of carbonyl (C=O) groups is 3. The molecule has 0 spiro atoms. The zero-order valence-corrected chi connectivity index (χ0v) is 17.8. The second kappa shape index (κ2) is 8.57. The molecule has 8 heteroatoms. The summed E-state index contributed by atoms with van der Waals surface area (Å²) in [7, 11) is 0. The Morgan fingerprint density at radius 1 is 1.03 bits per heavy atom. The van der Waals surface area contributed by atoms with E-state index in [4.69, 9.17) is 0 Å². The number of para-hydroxylation sites is 2. The Labute approximate surface area is 182 Å². The zero-order chi connectivity index (χ0) is 21.3. The first-order chi connectivity index (χ1) is 14.4. The molecule has 2 fully saturated rings. The number of nitrogens with zero attached hydrogens (tertiary/aromatic N) is 2. The van der Waals surface area contributed by atoms with Crippen molar-refractivity contribution < 1.29 is 19.5 Å². The lowest BCUT2D eigenvalue weighted by Crippen LogP contribution is -2.47. The topological polar surface area (TPSA) is 89.9 Å². The first kappa shape index (κ1) is 20.6. The van der Waals surface area contributed by atoms with Crippen molar-refractivity contribution in [1.82, 2.24) is 4.90 Å². The standard InChI is InChI=1S/C22H22BrN3O4/c23-15-5-7-16(8-6-15)26-20(28)13-18(22(26)30)25-11-9-14(10-12-25)21(29)24-17-3-1-2-4-19(17)27/h1-8,14,18,27H,9-13H2,(H,24,29). The van der Waals surface area contributed by atoms with Crippen LogP contribution in [0.25, 0.3) is 0 Å². The second-order valence-corrected chi connectivity index (χ2v) is 8.50. The number of rotatable bonds is 4. The lowest BCUT2D eigenvalue weighted by Gasteiger charge is -2.34. The maximum Gasteiger partial charge on any atom is 0.251 e. The first-order valence-corrected chi connectivity index (χ1v) is 10.7. The van der Waals surface area contributed by atoms with Crippen molar-refractivity contribution in [1.29, 1.82) is 0 Å². The Bertz CT molecular complexity index is 971. The van der Waals surface area contributed by atoms with Gasteiger partial charge in [0, 0.05) is 10.4 Å². The summed E-state index contributed by atoms with van der Waals surface area (Å²) in [4.78, 5) is 41.3. The van der Waals surface area contributed by atoms with E-state index >= 15 is 0 Å². The summed E-state index contributed by atoms with van der Waals surface area (Å²) in [6.07, 6.45) is 1.34. The van der Waals surface area contributed by atoms with Gasteiger partial charge in [-0.1, -0.05) is 28.1 Å². The van der Waals surface area contributed by atoms with Crippen LogP contribution in [0.3, 0.4) is 0 Å². The number of imide groups is 1. The zero-order valence-electron chi connectivity index (χ0n) is 16.3. The van der Waals surface area contributed by atoms with Crippen molar-refractivity contribution in [2.75, 3.05) is 23.3 Å². The highest BCUT2D eigenvalue weighted by molar-refractivity contribution is 9.10. The number of phenolic OH excluding ortho intramolecular Hbond substituents is 1. The van der Waals surface area contributed by atoms with E-state index in [9.17, 15) is 19.5 Å². The fourth-order valence-electron chi connectivity index (χ4n) is 4.05. The van der Waals surface area contributed by atoms with Crippen LogP contribution in [0.15, 0.2) is 53.0 Å². The van der Waals surface area contributed by atoms with Crippen molar-refractivity contribution in [2.45, 2.75) is 25.3 Å². The maximum absolute atomic E-state index is 12.9. The molecule has 30 heavy (non-hydrogen) atoms. The van der Waals surface area contributed by atoms with Crippen molar-refractivity contribution in [2.24, 2.45) is 5.92 Å². The van der Waals surface area contributed by atoms with Gasteiger partial charge in [-0.15, -0.1) is 0 Å². The fourth-order valence-corrected chi connectivity index (χ4v) is 4.31. The van der Waals surface area contributed by atoms with Crippen LogP contribution in [0, 0.1) is 5.92 Å². The number of piperidine rings is 1. The smallest absolute Gasteiger partial charge is 0.251 e. The highest BCUT2D eigenvalue weighted by Gasteiger charge is 2.43. The Morgan fingerprint density at radius 2 is 1.70 bits per heavy atom. The molecule has 1 atom stereocenters. The molecular formula is C22H22BrN3O4. The molecular weight excluding hydrogens is 450 g/mol. The molecule has 2 aliphatic heterocycles. The number of phenols is 1. The Hall–Kier alpha value is -2.71. The third-order valence-electron chi connectivity index (χ3n) is 5.71. The minimum Gasteiger partial charge on any atom is -0.506 e. The fraction of sp³-hybridized carbons (Fsp3) is 0.318. The molecule has 0 aliphatic carbocycles. The van der Waals surface area contributed by atoms with Gasteiger partial charge in [-0.05, 0) is 62.3 Å². The Balaban J connectivity index is 1.36. The summed E-state index contributed by atoms with van der Waals surface area (Å²) in [5.74, 6) is -0.713. The normalized spacial score (nSPS) is 20.6. The minimum atomic E-state index is -0.483. The number of carbonyl (C=O) groups excluding carboxylic acids is 3. The van der Waals surface area contributed by atoms with Gasteiger partial charge in [-0.3, -0.25) is 19.3 Å². The predicted molar refractivity (Wildman–Crippen MR) is 116 cm³/mol. The molecule has 3 amide bonds. The summed E-state index contributed by atoms with van der Waals surface area (Å²) < 4.78 is 0.881. The maximum atomic E-state index is 12.9. The highest BCUT2D eigenvalue weighted by atomic mass is 79.9. The van der Waals surface area contributed by atoms with E-state index < -0.39 is 6.04 Å². The second-order valence-electron chi connectivity index (χ2n) is 7.58. The molecule has 4 rings (SSSR count). The van der Waals surface area contributed by atoms with Crippen LogP contribution < -0.4 is 10.2 Å². The van der Waals surface area contributed by atoms with Gasteiger partial charge in [0.15, 0.2) is 0 Å². The van der Waals surface area contributed by atoms with Gasteiger partial charge >= 0.3 is 0 Å². The average Bonchev–Trinajstić information content (AvgIpc) is 3.04. The van der Waals surface area contributed by atoms with E-state index in [1.54, 1.807) is 42.5 Å². The minimum absolute atomic E-state index is 0.0337. The first-order valence-electron chi connectivity index (χ1n) is 9.89. The summed E-state index contributed by atoms with van der Waals surface area (Å²) in [6.45, 7) is 1.13. The van der Waals surface area contributed by atoms with E-state index in [0.717, 1.165) is 4.47 Å². The Kier molecular flexibility index (Phi) is 5.87. The van der Waals surface area contributed by atoms with E-state index in [1.807, 2.05) is 4.90 Å². The van der Waals surface area contributed by atoms with Crippen LogP contribution in [0.4, 0.5) is 11.4 Å². The monoisotopic (exact) mass is 471 g/mol. The lowest BCUT2D eigenvalue weighted by atomic mass is 9.94. The quantitative estimate of drug-likeness (QED) is 0.527. The van der Waals surface area contributed by atoms with E-state index in [-0.39, 0.29) is 35.8 Å². The molecule has 2 aliphatic rings. The largest absolute Gasteiger partial charge is 0.506 e. The average molecular weight is 472 g/mol. The number of amides is 3. The summed E-state index contributed by atoms with van der Waals surface area (Å²) in [5, 5.41) is 12.6. The Morgan fingerprint density at radius 3 is 2.37 bits per heavy atom. The molecule has 1 unspecified atom stereocenters. The van der Waals surface area contributed by atoms with E-state index in [0.29, 0.717) is 37.3 Å². The number of anilines is 2. The molecule has 0 bridgehead atoms. The summed E-state index contributed by atoms with van der Waals surface area (Å²) in [5.41, 5.74) is 0.972. The van der Waals surface area contributed by atoms with Gasteiger partial charge in [-0.25, -0.2) is 4.90 Å². The molecule has 2 heterocycles. The molecule has 156 valence electrons. The molecule has 0 saturated carbocycles. The van der Waals surface area contributed by atoms with Crippen molar-refractivity contribution in [3.8, 4) is 5.75 Å². The molecule has 2 N–H and O–H groups in total. The predicted octanol–water partition coefficient (Wildman–Crippen LogP) is 3.14. The third-order valence-corrected chi connectivity index (χ3v) is 6.24. The molecule has 2 saturated heterocycles. The van der Waals surface area contributed by atoms with Gasteiger partial charge in [0.05, 0.1) is 23.8 Å². The van der Waals surface area contributed by atoms with E-state index in [1.165, 1.54) is 11.0 Å². The number of hydrogen-bond acceptors (Lipinski definition) is 5. The third kappa shape index (κ3) is 4.11. The van der Waals surface area contributed by atoms with Crippen LogP contribution in [-0.2, 0) is 14.4 Å². The molecule has 0 aromatic heterocycles. The summed E-state index contributed by atoms with van der Waals surface area (Å²) >= 11 is 3.36. The molecule has 7 nitrogen and oxygen atoms in total. The lowest BCUT2D eigenvalue weighted by molar-refractivity contribution is -0.123. The van der Waals surface area contributed by atoms with Crippen LogP contribution >= 0.6 is 15.9 Å². The van der Waals surface area contributed by atoms with Gasteiger partial charge in [-0.2, -0.15) is 0 Å². The van der Waals surface area contributed by atoms with Gasteiger partial charge in [0.2, 0.25) is 11.8 Å². The number of benzene rings is 2.